The number of ether oxygens (including phenoxy) is 1. The van der Waals surface area contributed by atoms with Crippen molar-refractivity contribution in [3.8, 4) is 11.4 Å². The normalized spacial score (nSPS) is 14.5. The van der Waals surface area contributed by atoms with Gasteiger partial charge in [-0.05, 0) is 77.4 Å². The quantitative estimate of drug-likeness (QED) is 0.741. The summed E-state index contributed by atoms with van der Waals surface area (Å²) in [7, 11) is 0. The van der Waals surface area contributed by atoms with E-state index in [0.717, 1.165) is 56.0 Å². The van der Waals surface area contributed by atoms with Crippen molar-refractivity contribution in [3.63, 3.8) is 0 Å². The molecule has 0 radical (unpaired) electrons. The summed E-state index contributed by atoms with van der Waals surface area (Å²) in [4.78, 5) is 15.2. The van der Waals surface area contributed by atoms with Crippen LogP contribution in [0.2, 0.25) is 0 Å². The number of aromatic nitrogens is 3. The van der Waals surface area contributed by atoms with Crippen molar-refractivity contribution in [2.45, 2.75) is 59.1 Å². The predicted molar refractivity (Wildman–Crippen MR) is 116 cm³/mol. The lowest BCUT2D eigenvalue weighted by Gasteiger charge is -2.34. The monoisotopic (exact) mass is 421 g/mol. The largest absolute Gasteiger partial charge is 0.491 e. The second-order valence-electron chi connectivity index (χ2n) is 7.58. The van der Waals surface area contributed by atoms with Crippen LogP contribution in [-0.2, 0) is 0 Å². The van der Waals surface area contributed by atoms with Gasteiger partial charge in [0, 0.05) is 12.6 Å². The molecule has 0 aliphatic carbocycles. The molecule has 2 heterocycles. The number of piperidine rings is 1. The first kappa shape index (κ1) is 23.2. The zero-order chi connectivity index (χ0) is 20.1. The smallest absolute Gasteiger partial charge is 0.276 e. The lowest BCUT2D eigenvalue weighted by Crippen LogP contribution is -2.46. The third kappa shape index (κ3) is 5.48. The van der Waals surface area contributed by atoms with E-state index in [9.17, 15) is 4.79 Å². The van der Waals surface area contributed by atoms with Gasteiger partial charge in [-0.15, -0.1) is 17.5 Å². The Morgan fingerprint density at radius 3 is 2.52 bits per heavy atom. The standard InChI is InChI=1S/C21H31N5O2.ClH/c1-5-14-25(17-10-12-22-13-11-17)21(27)20-16(4)26(24-23-20)18-6-8-19(9-7-18)28-15(2)3;/h6-9,15,17,22H,5,10-14H2,1-4H3;1H. The number of carbonyl (C=O) groups excluding carboxylic acids is 1. The summed E-state index contributed by atoms with van der Waals surface area (Å²) in [6.45, 7) is 10.7. The summed E-state index contributed by atoms with van der Waals surface area (Å²) in [5, 5.41) is 11.9. The average molecular weight is 422 g/mol. The van der Waals surface area contributed by atoms with E-state index in [1.807, 2.05) is 49.9 Å². The highest BCUT2D eigenvalue weighted by atomic mass is 35.5. The molecule has 1 aromatic carbocycles. The van der Waals surface area contributed by atoms with Gasteiger partial charge in [-0.25, -0.2) is 4.68 Å². The Kier molecular flexibility index (Phi) is 8.46. The van der Waals surface area contributed by atoms with Crippen LogP contribution in [0.3, 0.4) is 0 Å². The summed E-state index contributed by atoms with van der Waals surface area (Å²) < 4.78 is 7.41. The Hall–Kier alpha value is -2.12. The molecule has 1 amide bonds. The Balaban J connectivity index is 0.00000300. The van der Waals surface area contributed by atoms with Crippen LogP contribution < -0.4 is 10.1 Å². The molecule has 160 valence electrons. The van der Waals surface area contributed by atoms with Gasteiger partial charge < -0.3 is 15.0 Å². The first-order chi connectivity index (χ1) is 13.5. The number of nitrogens with one attached hydrogen (secondary N) is 1. The van der Waals surface area contributed by atoms with Gasteiger partial charge in [0.25, 0.3) is 5.91 Å². The highest BCUT2D eigenvalue weighted by molar-refractivity contribution is 5.93. The second kappa shape index (κ2) is 10.6. The molecule has 2 aromatic rings. The van der Waals surface area contributed by atoms with Gasteiger partial charge in [0.2, 0.25) is 0 Å². The molecule has 0 spiro atoms. The van der Waals surface area contributed by atoms with E-state index in [1.165, 1.54) is 0 Å². The van der Waals surface area contributed by atoms with Gasteiger partial charge in [0.15, 0.2) is 5.69 Å². The maximum atomic E-state index is 13.2. The second-order valence-corrected chi connectivity index (χ2v) is 7.58. The molecule has 3 rings (SSSR count). The molecule has 0 atom stereocenters. The lowest BCUT2D eigenvalue weighted by atomic mass is 10.0. The van der Waals surface area contributed by atoms with Crippen LogP contribution in [0.1, 0.15) is 56.2 Å². The maximum absolute atomic E-state index is 13.2. The van der Waals surface area contributed by atoms with E-state index in [0.29, 0.717) is 5.69 Å². The number of hydrogen-bond acceptors (Lipinski definition) is 5. The summed E-state index contributed by atoms with van der Waals surface area (Å²) in [5.41, 5.74) is 2.07. The van der Waals surface area contributed by atoms with Crippen molar-refractivity contribution in [2.75, 3.05) is 19.6 Å². The topological polar surface area (TPSA) is 72.3 Å². The van der Waals surface area contributed by atoms with Crippen LogP contribution in [0.15, 0.2) is 24.3 Å². The average Bonchev–Trinajstić information content (AvgIpc) is 3.08. The molecule has 1 aromatic heterocycles. The Morgan fingerprint density at radius 1 is 1.28 bits per heavy atom. The van der Waals surface area contributed by atoms with Gasteiger partial charge in [0.05, 0.1) is 17.5 Å². The number of carbonyl (C=O) groups is 1. The minimum Gasteiger partial charge on any atom is -0.491 e. The minimum atomic E-state index is -0.0164. The number of amides is 1. The van der Waals surface area contributed by atoms with E-state index >= 15 is 0 Å². The van der Waals surface area contributed by atoms with E-state index in [1.54, 1.807) is 4.68 Å². The van der Waals surface area contributed by atoms with Crippen molar-refractivity contribution < 1.29 is 9.53 Å². The molecule has 1 fully saturated rings. The highest BCUT2D eigenvalue weighted by Gasteiger charge is 2.29. The van der Waals surface area contributed by atoms with Crippen molar-refractivity contribution in [1.29, 1.82) is 0 Å². The first-order valence-corrected chi connectivity index (χ1v) is 10.2. The summed E-state index contributed by atoms with van der Waals surface area (Å²) in [6.07, 6.45) is 3.02. The Labute approximate surface area is 179 Å². The lowest BCUT2D eigenvalue weighted by molar-refractivity contribution is 0.0635. The Morgan fingerprint density at radius 2 is 1.93 bits per heavy atom. The Bertz CT molecular complexity index is 785. The van der Waals surface area contributed by atoms with Crippen molar-refractivity contribution in [3.05, 3.63) is 35.7 Å². The summed E-state index contributed by atoms with van der Waals surface area (Å²) in [5.74, 6) is 0.796. The molecule has 7 nitrogen and oxygen atoms in total. The van der Waals surface area contributed by atoms with Crippen molar-refractivity contribution in [2.24, 2.45) is 0 Å². The molecule has 8 heteroatoms. The van der Waals surface area contributed by atoms with Crippen LogP contribution in [0.25, 0.3) is 5.69 Å². The van der Waals surface area contributed by atoms with Crippen LogP contribution in [0, 0.1) is 6.92 Å². The zero-order valence-corrected chi connectivity index (χ0v) is 18.5. The molecule has 0 saturated carbocycles. The molecular formula is C21H32ClN5O2. The van der Waals surface area contributed by atoms with E-state index in [4.69, 9.17) is 4.74 Å². The zero-order valence-electron chi connectivity index (χ0n) is 17.7. The summed E-state index contributed by atoms with van der Waals surface area (Å²) >= 11 is 0. The van der Waals surface area contributed by atoms with Gasteiger partial charge in [0.1, 0.15) is 5.75 Å². The number of nitrogens with zero attached hydrogens (tertiary/aromatic N) is 4. The van der Waals surface area contributed by atoms with Crippen LogP contribution in [-0.4, -0.2) is 57.6 Å². The molecule has 0 unspecified atom stereocenters. The number of benzene rings is 1. The minimum absolute atomic E-state index is 0. The number of halogens is 1. The molecule has 1 N–H and O–H groups in total. The van der Waals surface area contributed by atoms with E-state index < -0.39 is 0 Å². The van der Waals surface area contributed by atoms with Gasteiger partial charge in [-0.2, -0.15) is 0 Å². The molecule has 1 aliphatic heterocycles. The molecular weight excluding hydrogens is 390 g/mol. The number of hydrogen-bond donors (Lipinski definition) is 1. The third-order valence-corrected chi connectivity index (χ3v) is 5.03. The number of rotatable bonds is 7. The molecule has 1 saturated heterocycles. The van der Waals surface area contributed by atoms with Gasteiger partial charge >= 0.3 is 0 Å². The van der Waals surface area contributed by atoms with Crippen molar-refractivity contribution >= 4 is 18.3 Å². The molecule has 0 bridgehead atoms. The van der Waals surface area contributed by atoms with Crippen LogP contribution >= 0.6 is 12.4 Å². The van der Waals surface area contributed by atoms with Crippen LogP contribution in [0.4, 0.5) is 0 Å². The fourth-order valence-corrected chi connectivity index (χ4v) is 3.66. The third-order valence-electron chi connectivity index (χ3n) is 5.03. The van der Waals surface area contributed by atoms with Gasteiger partial charge in [-0.1, -0.05) is 12.1 Å². The molecule has 1 aliphatic rings. The molecule has 29 heavy (non-hydrogen) atoms. The maximum Gasteiger partial charge on any atom is 0.276 e. The summed E-state index contributed by atoms with van der Waals surface area (Å²) in [6, 6.07) is 7.96. The highest BCUT2D eigenvalue weighted by Crippen LogP contribution is 2.21. The van der Waals surface area contributed by atoms with Gasteiger partial charge in [-0.3, -0.25) is 4.79 Å². The first-order valence-electron chi connectivity index (χ1n) is 10.2. The van der Waals surface area contributed by atoms with E-state index in [-0.39, 0.29) is 30.5 Å². The predicted octanol–water partition coefficient (Wildman–Crippen LogP) is 3.39. The van der Waals surface area contributed by atoms with Crippen molar-refractivity contribution in [1.82, 2.24) is 25.2 Å². The van der Waals surface area contributed by atoms with E-state index in [2.05, 4.69) is 22.6 Å². The fraction of sp³-hybridized carbons (Fsp3) is 0.571. The van der Waals surface area contributed by atoms with Crippen LogP contribution in [0.5, 0.6) is 5.75 Å². The SMILES string of the molecule is CCCN(C(=O)c1nnn(-c2ccc(OC(C)C)cc2)c1C)C1CCNCC1.Cl. The fourth-order valence-electron chi connectivity index (χ4n) is 3.66.